The van der Waals surface area contributed by atoms with Gasteiger partial charge in [-0.2, -0.15) is 10.5 Å². The zero-order valence-corrected chi connectivity index (χ0v) is 5.35. The van der Waals surface area contributed by atoms with Crippen LogP contribution in [-0.2, 0) is 0 Å². The first-order chi connectivity index (χ1) is 4.36. The number of allylic oxidation sites excluding steroid dienone is 1. The van der Waals surface area contributed by atoms with E-state index in [1.165, 1.54) is 16.7 Å². The SMILES string of the molecule is N#CC1=CN(C#N)CS1. The van der Waals surface area contributed by atoms with Crippen LogP contribution in [0.15, 0.2) is 11.1 Å². The van der Waals surface area contributed by atoms with Gasteiger partial charge in [-0.3, -0.25) is 4.90 Å². The van der Waals surface area contributed by atoms with Crippen LogP contribution in [-0.4, -0.2) is 10.8 Å². The van der Waals surface area contributed by atoms with Gasteiger partial charge >= 0.3 is 0 Å². The van der Waals surface area contributed by atoms with Gasteiger partial charge in [-0.15, -0.1) is 0 Å². The third-order valence-electron chi connectivity index (χ3n) is 0.871. The lowest BCUT2D eigenvalue weighted by atomic mass is 10.6. The topological polar surface area (TPSA) is 50.8 Å². The summed E-state index contributed by atoms with van der Waals surface area (Å²) in [6, 6.07) is 1.96. The summed E-state index contributed by atoms with van der Waals surface area (Å²) in [4.78, 5) is 2.03. The smallest absolute Gasteiger partial charge is 0.184 e. The van der Waals surface area contributed by atoms with Crippen LogP contribution in [0.5, 0.6) is 0 Å². The minimum Gasteiger partial charge on any atom is -0.274 e. The molecule has 44 valence electrons. The molecule has 0 aliphatic carbocycles. The lowest BCUT2D eigenvalue weighted by Crippen LogP contribution is -2.02. The van der Waals surface area contributed by atoms with Gasteiger partial charge in [0.05, 0.1) is 5.88 Å². The second kappa shape index (κ2) is 2.43. The Hall–Kier alpha value is -1.13. The first-order valence-electron chi connectivity index (χ1n) is 2.28. The highest BCUT2D eigenvalue weighted by Crippen LogP contribution is 2.23. The molecular formula is C5H3N3S. The molecule has 1 heterocycles. The fourth-order valence-electron chi connectivity index (χ4n) is 0.474. The normalized spacial score (nSPS) is 16.2. The molecule has 1 aliphatic rings. The zero-order chi connectivity index (χ0) is 6.69. The number of nitriles is 2. The first-order valence-corrected chi connectivity index (χ1v) is 3.26. The van der Waals surface area contributed by atoms with Crippen molar-refractivity contribution < 1.29 is 0 Å². The summed E-state index contributed by atoms with van der Waals surface area (Å²) >= 11 is 1.38. The average molecular weight is 137 g/mol. The molecule has 0 atom stereocenters. The van der Waals surface area contributed by atoms with Crippen LogP contribution in [0.1, 0.15) is 0 Å². The van der Waals surface area contributed by atoms with Crippen molar-refractivity contribution in [2.75, 3.05) is 5.88 Å². The molecule has 0 bridgehead atoms. The van der Waals surface area contributed by atoms with E-state index in [-0.39, 0.29) is 0 Å². The molecule has 1 rings (SSSR count). The fourth-order valence-corrected chi connectivity index (χ4v) is 1.15. The molecule has 0 N–H and O–H groups in total. The van der Waals surface area contributed by atoms with Crippen molar-refractivity contribution in [3.05, 3.63) is 11.1 Å². The van der Waals surface area contributed by atoms with Crippen LogP contribution in [0.25, 0.3) is 0 Å². The monoisotopic (exact) mass is 137 g/mol. The van der Waals surface area contributed by atoms with E-state index in [4.69, 9.17) is 10.5 Å². The van der Waals surface area contributed by atoms with E-state index in [0.717, 1.165) is 0 Å². The van der Waals surface area contributed by atoms with Crippen LogP contribution in [0.2, 0.25) is 0 Å². The van der Waals surface area contributed by atoms with Crippen molar-refractivity contribution >= 4 is 11.8 Å². The highest BCUT2D eigenvalue weighted by molar-refractivity contribution is 8.03. The van der Waals surface area contributed by atoms with E-state index in [1.807, 2.05) is 12.3 Å². The van der Waals surface area contributed by atoms with Gasteiger partial charge in [0, 0.05) is 6.20 Å². The van der Waals surface area contributed by atoms with Crippen LogP contribution < -0.4 is 0 Å². The van der Waals surface area contributed by atoms with E-state index in [2.05, 4.69) is 0 Å². The minimum absolute atomic E-state index is 0.583. The Bertz CT molecular complexity index is 219. The summed E-state index contributed by atoms with van der Waals surface area (Å²) in [6.07, 6.45) is 3.46. The van der Waals surface area contributed by atoms with Crippen molar-refractivity contribution in [2.45, 2.75) is 0 Å². The molecule has 0 radical (unpaired) electrons. The lowest BCUT2D eigenvalue weighted by molar-refractivity contribution is 0.634. The molecule has 4 heteroatoms. The lowest BCUT2D eigenvalue weighted by Gasteiger charge is -1.95. The molecule has 0 fully saturated rings. The molecule has 0 amide bonds. The highest BCUT2D eigenvalue weighted by atomic mass is 32.2. The molecular weight excluding hydrogens is 134 g/mol. The summed E-state index contributed by atoms with van der Waals surface area (Å²) < 4.78 is 0. The van der Waals surface area contributed by atoms with E-state index < -0.39 is 0 Å². The summed E-state index contributed by atoms with van der Waals surface area (Å²) in [5.41, 5.74) is 0. The van der Waals surface area contributed by atoms with Crippen molar-refractivity contribution in [3.8, 4) is 12.3 Å². The van der Waals surface area contributed by atoms with Crippen LogP contribution in [0.3, 0.4) is 0 Å². The Labute approximate surface area is 57.2 Å². The molecule has 0 saturated heterocycles. The van der Waals surface area contributed by atoms with Gasteiger partial charge in [-0.1, -0.05) is 11.8 Å². The van der Waals surface area contributed by atoms with Crippen molar-refractivity contribution in [1.82, 2.24) is 4.90 Å². The quantitative estimate of drug-likeness (QED) is 0.464. The van der Waals surface area contributed by atoms with Gasteiger partial charge in [-0.25, -0.2) is 0 Å². The van der Waals surface area contributed by atoms with Crippen molar-refractivity contribution in [1.29, 1.82) is 10.5 Å². The van der Waals surface area contributed by atoms with E-state index >= 15 is 0 Å². The number of thioether (sulfide) groups is 1. The molecule has 1 aliphatic heterocycles. The number of nitrogens with zero attached hydrogens (tertiary/aromatic N) is 3. The van der Waals surface area contributed by atoms with Gasteiger partial charge in [0.2, 0.25) is 0 Å². The number of hydrogen-bond acceptors (Lipinski definition) is 4. The van der Waals surface area contributed by atoms with Crippen LogP contribution in [0, 0.1) is 22.8 Å². The van der Waals surface area contributed by atoms with Gasteiger partial charge in [0.15, 0.2) is 6.19 Å². The Morgan fingerprint density at radius 1 is 1.67 bits per heavy atom. The second-order valence-corrected chi connectivity index (χ2v) is 2.44. The second-order valence-electron chi connectivity index (χ2n) is 1.45. The maximum Gasteiger partial charge on any atom is 0.184 e. The zero-order valence-electron chi connectivity index (χ0n) is 4.53. The number of hydrogen-bond donors (Lipinski definition) is 0. The average Bonchev–Trinajstić information content (AvgIpc) is 2.34. The Kier molecular flexibility index (Phi) is 1.62. The van der Waals surface area contributed by atoms with Crippen molar-refractivity contribution in [2.24, 2.45) is 0 Å². The maximum atomic E-state index is 8.30. The predicted molar refractivity (Wildman–Crippen MR) is 33.6 cm³/mol. The van der Waals surface area contributed by atoms with E-state index in [0.29, 0.717) is 10.8 Å². The highest BCUT2D eigenvalue weighted by Gasteiger charge is 2.10. The first kappa shape index (κ1) is 6.00. The standard InChI is InChI=1S/C5H3N3S/c6-1-5-2-8(3-7)4-9-5/h2H,4H2. The minimum atomic E-state index is 0.583. The molecule has 0 unspecified atom stereocenters. The Morgan fingerprint density at radius 3 is 2.78 bits per heavy atom. The molecule has 0 aromatic carbocycles. The summed E-state index contributed by atoms with van der Waals surface area (Å²) in [6.45, 7) is 0. The molecule has 3 nitrogen and oxygen atoms in total. The van der Waals surface area contributed by atoms with E-state index in [9.17, 15) is 0 Å². The summed E-state index contributed by atoms with van der Waals surface area (Å²) in [5.74, 6) is 0.583. The van der Waals surface area contributed by atoms with Gasteiger partial charge in [0.1, 0.15) is 11.0 Å². The molecule has 9 heavy (non-hydrogen) atoms. The summed E-state index contributed by atoms with van der Waals surface area (Å²) in [5, 5.41) is 16.6. The van der Waals surface area contributed by atoms with Crippen LogP contribution >= 0.6 is 11.8 Å². The fraction of sp³-hybridized carbons (Fsp3) is 0.200. The maximum absolute atomic E-state index is 8.30. The van der Waals surface area contributed by atoms with Gasteiger partial charge < -0.3 is 0 Å². The Morgan fingerprint density at radius 2 is 2.44 bits per heavy atom. The van der Waals surface area contributed by atoms with E-state index in [1.54, 1.807) is 6.20 Å². The Balaban J connectivity index is 2.66. The van der Waals surface area contributed by atoms with Gasteiger partial charge in [-0.05, 0) is 0 Å². The largest absolute Gasteiger partial charge is 0.274 e. The molecule has 0 saturated carbocycles. The molecule has 0 aromatic rings. The third kappa shape index (κ3) is 1.16. The number of rotatable bonds is 0. The predicted octanol–water partition coefficient (Wildman–Crippen LogP) is 0.839. The van der Waals surface area contributed by atoms with Crippen LogP contribution in [0.4, 0.5) is 0 Å². The van der Waals surface area contributed by atoms with Crippen molar-refractivity contribution in [3.63, 3.8) is 0 Å². The summed E-state index contributed by atoms with van der Waals surface area (Å²) in [7, 11) is 0. The third-order valence-corrected chi connectivity index (χ3v) is 1.79. The van der Waals surface area contributed by atoms with Gasteiger partial charge in [0.25, 0.3) is 0 Å². The molecule has 0 aromatic heterocycles. The molecule has 0 spiro atoms.